The van der Waals surface area contributed by atoms with Crippen molar-refractivity contribution in [1.82, 2.24) is 14.7 Å². The van der Waals surface area contributed by atoms with Gasteiger partial charge in [-0.2, -0.15) is 4.37 Å². The Morgan fingerprint density at radius 1 is 1.50 bits per heavy atom. The van der Waals surface area contributed by atoms with Crippen LogP contribution in [0.2, 0.25) is 0 Å². The van der Waals surface area contributed by atoms with E-state index in [2.05, 4.69) is 33.4 Å². The maximum Gasteiger partial charge on any atom is 0.407 e. The standard InChI is InChI=1S/C15H26N4O2S/c1-10(2)8-12-17-13(22-18-12)19-7-6-11(9-19)16-14(20)21-15(3,4)5/h10-11H,6-9H2,1-5H3,(H,16,20)/t11-/m1/s1. The normalized spacial score (nSPS) is 18.8. The zero-order valence-electron chi connectivity index (χ0n) is 14.0. The third-order valence-electron chi connectivity index (χ3n) is 3.23. The predicted molar refractivity (Wildman–Crippen MR) is 88.4 cm³/mol. The lowest BCUT2D eigenvalue weighted by molar-refractivity contribution is 0.0509. The van der Waals surface area contributed by atoms with Gasteiger partial charge in [0.2, 0.25) is 5.13 Å². The number of amides is 1. The van der Waals surface area contributed by atoms with Crippen molar-refractivity contribution in [2.24, 2.45) is 5.92 Å². The van der Waals surface area contributed by atoms with Crippen LogP contribution in [-0.4, -0.2) is 40.2 Å². The van der Waals surface area contributed by atoms with Crippen molar-refractivity contribution in [2.45, 2.75) is 59.1 Å². The Bertz CT molecular complexity index is 510. The molecule has 7 heteroatoms. The lowest BCUT2D eigenvalue weighted by Crippen LogP contribution is -2.40. The summed E-state index contributed by atoms with van der Waals surface area (Å²) >= 11 is 1.44. The fourth-order valence-corrected chi connectivity index (χ4v) is 3.08. The molecule has 1 amide bonds. The molecule has 1 saturated heterocycles. The van der Waals surface area contributed by atoms with Gasteiger partial charge in [-0.1, -0.05) is 13.8 Å². The average molecular weight is 326 g/mol. The molecular formula is C15H26N4O2S. The molecule has 0 radical (unpaired) electrons. The zero-order chi connectivity index (χ0) is 16.3. The van der Waals surface area contributed by atoms with E-state index in [9.17, 15) is 4.79 Å². The molecule has 2 rings (SSSR count). The minimum Gasteiger partial charge on any atom is -0.444 e. The van der Waals surface area contributed by atoms with Gasteiger partial charge in [0.25, 0.3) is 0 Å². The number of hydrogen-bond acceptors (Lipinski definition) is 6. The lowest BCUT2D eigenvalue weighted by Gasteiger charge is -2.21. The summed E-state index contributed by atoms with van der Waals surface area (Å²) in [5.74, 6) is 1.47. The van der Waals surface area contributed by atoms with Gasteiger partial charge in [0.1, 0.15) is 11.4 Å². The first-order valence-electron chi connectivity index (χ1n) is 7.80. The van der Waals surface area contributed by atoms with Gasteiger partial charge in [0.15, 0.2) is 0 Å². The highest BCUT2D eigenvalue weighted by Gasteiger charge is 2.28. The highest BCUT2D eigenvalue weighted by Crippen LogP contribution is 2.23. The Balaban J connectivity index is 1.85. The van der Waals surface area contributed by atoms with E-state index in [0.29, 0.717) is 5.92 Å². The van der Waals surface area contributed by atoms with Gasteiger partial charge in [-0.15, -0.1) is 0 Å². The molecule has 0 saturated carbocycles. The van der Waals surface area contributed by atoms with Crippen molar-refractivity contribution in [3.8, 4) is 0 Å². The molecule has 0 spiro atoms. The Kier molecular flexibility index (Phi) is 5.26. The molecule has 0 aliphatic carbocycles. The van der Waals surface area contributed by atoms with Crippen molar-refractivity contribution in [2.75, 3.05) is 18.0 Å². The first kappa shape index (κ1) is 17.0. The van der Waals surface area contributed by atoms with Crippen LogP contribution in [0, 0.1) is 5.92 Å². The molecule has 0 bridgehead atoms. The fraction of sp³-hybridized carbons (Fsp3) is 0.800. The van der Waals surface area contributed by atoms with Crippen LogP contribution < -0.4 is 10.2 Å². The van der Waals surface area contributed by atoms with Crippen LogP contribution in [0.3, 0.4) is 0 Å². The number of ether oxygens (including phenoxy) is 1. The van der Waals surface area contributed by atoms with E-state index in [4.69, 9.17) is 4.74 Å². The Labute approximate surface area is 136 Å². The first-order valence-corrected chi connectivity index (χ1v) is 8.57. The average Bonchev–Trinajstić information content (AvgIpc) is 2.94. The van der Waals surface area contributed by atoms with E-state index < -0.39 is 5.60 Å². The van der Waals surface area contributed by atoms with E-state index in [-0.39, 0.29) is 12.1 Å². The molecule has 1 aliphatic heterocycles. The fourth-order valence-electron chi connectivity index (χ4n) is 2.35. The second-order valence-corrected chi connectivity index (χ2v) is 7.90. The molecule has 6 nitrogen and oxygen atoms in total. The molecule has 0 unspecified atom stereocenters. The first-order chi connectivity index (χ1) is 10.2. The van der Waals surface area contributed by atoms with Gasteiger partial charge in [0, 0.05) is 31.0 Å². The van der Waals surface area contributed by atoms with Crippen LogP contribution in [0.1, 0.15) is 46.9 Å². The summed E-state index contributed by atoms with van der Waals surface area (Å²) in [6.07, 6.45) is 1.46. The molecule has 1 aliphatic rings. The number of alkyl carbamates (subject to hydrolysis) is 1. The number of aromatic nitrogens is 2. The summed E-state index contributed by atoms with van der Waals surface area (Å²) in [5.41, 5.74) is -0.465. The molecule has 124 valence electrons. The molecule has 1 atom stereocenters. The SMILES string of the molecule is CC(C)Cc1nsc(N2CC[C@@H](NC(=O)OC(C)(C)C)C2)n1. The topological polar surface area (TPSA) is 67.4 Å². The van der Waals surface area contributed by atoms with Gasteiger partial charge in [-0.3, -0.25) is 0 Å². The number of rotatable bonds is 4. The number of hydrogen-bond donors (Lipinski definition) is 1. The molecule has 1 aromatic rings. The maximum atomic E-state index is 11.8. The number of anilines is 1. The summed E-state index contributed by atoms with van der Waals surface area (Å²) in [6.45, 7) is 11.6. The smallest absolute Gasteiger partial charge is 0.407 e. The largest absolute Gasteiger partial charge is 0.444 e. The van der Waals surface area contributed by atoms with Crippen LogP contribution in [0.15, 0.2) is 0 Å². The summed E-state index contributed by atoms with van der Waals surface area (Å²) in [7, 11) is 0. The second kappa shape index (κ2) is 6.81. The number of carbonyl (C=O) groups excluding carboxylic acids is 1. The predicted octanol–water partition coefficient (Wildman–Crippen LogP) is 2.84. The second-order valence-electron chi connectivity index (χ2n) is 7.17. The summed E-state index contributed by atoms with van der Waals surface area (Å²) in [6, 6.07) is 0.104. The van der Waals surface area contributed by atoms with E-state index in [1.807, 2.05) is 20.8 Å². The van der Waals surface area contributed by atoms with E-state index >= 15 is 0 Å². The summed E-state index contributed by atoms with van der Waals surface area (Å²) in [4.78, 5) is 18.6. The van der Waals surface area contributed by atoms with Crippen molar-refractivity contribution in [3.63, 3.8) is 0 Å². The van der Waals surface area contributed by atoms with Crippen molar-refractivity contribution in [1.29, 1.82) is 0 Å². The third kappa shape index (κ3) is 5.12. The van der Waals surface area contributed by atoms with E-state index in [0.717, 1.165) is 36.9 Å². The van der Waals surface area contributed by atoms with E-state index in [1.54, 1.807) is 0 Å². The van der Waals surface area contributed by atoms with Crippen molar-refractivity contribution >= 4 is 22.8 Å². The van der Waals surface area contributed by atoms with Crippen LogP contribution >= 0.6 is 11.5 Å². The van der Waals surface area contributed by atoms with E-state index in [1.165, 1.54) is 11.5 Å². The number of carbonyl (C=O) groups is 1. The highest BCUT2D eigenvalue weighted by atomic mass is 32.1. The summed E-state index contributed by atoms with van der Waals surface area (Å²) < 4.78 is 9.71. The van der Waals surface area contributed by atoms with Crippen LogP contribution in [0.25, 0.3) is 0 Å². The Morgan fingerprint density at radius 3 is 2.86 bits per heavy atom. The molecule has 1 fully saturated rings. The van der Waals surface area contributed by atoms with Gasteiger partial charge < -0.3 is 15.0 Å². The lowest BCUT2D eigenvalue weighted by atomic mass is 10.1. The van der Waals surface area contributed by atoms with Crippen molar-refractivity contribution in [3.05, 3.63) is 5.82 Å². The summed E-state index contributed by atoms with van der Waals surface area (Å²) in [5, 5.41) is 3.88. The molecule has 1 aromatic heterocycles. The van der Waals surface area contributed by atoms with Crippen molar-refractivity contribution < 1.29 is 9.53 Å². The quantitative estimate of drug-likeness (QED) is 0.921. The van der Waals surface area contributed by atoms with Gasteiger partial charge in [-0.25, -0.2) is 9.78 Å². The monoisotopic (exact) mass is 326 g/mol. The zero-order valence-corrected chi connectivity index (χ0v) is 14.9. The van der Waals surface area contributed by atoms with Crippen LogP contribution in [0.5, 0.6) is 0 Å². The van der Waals surface area contributed by atoms with Gasteiger partial charge >= 0.3 is 6.09 Å². The van der Waals surface area contributed by atoms with Gasteiger partial charge in [0.05, 0.1) is 6.04 Å². The number of nitrogens with one attached hydrogen (secondary N) is 1. The van der Waals surface area contributed by atoms with Gasteiger partial charge in [-0.05, 0) is 33.1 Å². The molecule has 2 heterocycles. The molecular weight excluding hydrogens is 300 g/mol. The minimum absolute atomic E-state index is 0.104. The third-order valence-corrected chi connectivity index (χ3v) is 4.04. The Hall–Kier alpha value is -1.37. The number of nitrogens with zero attached hydrogens (tertiary/aromatic N) is 3. The molecule has 22 heavy (non-hydrogen) atoms. The maximum absolute atomic E-state index is 11.8. The minimum atomic E-state index is -0.465. The highest BCUT2D eigenvalue weighted by molar-refractivity contribution is 7.09. The molecule has 1 N–H and O–H groups in total. The molecule has 0 aromatic carbocycles. The van der Waals surface area contributed by atoms with Crippen LogP contribution in [0.4, 0.5) is 9.93 Å². The van der Waals surface area contributed by atoms with Crippen LogP contribution in [-0.2, 0) is 11.2 Å². The Morgan fingerprint density at radius 2 is 2.23 bits per heavy atom.